The van der Waals surface area contributed by atoms with Crippen molar-refractivity contribution in [3.8, 4) is 11.4 Å². The van der Waals surface area contributed by atoms with Crippen LogP contribution in [0.1, 0.15) is 30.9 Å². The quantitative estimate of drug-likeness (QED) is 0.227. The van der Waals surface area contributed by atoms with E-state index in [9.17, 15) is 4.79 Å². The van der Waals surface area contributed by atoms with E-state index in [2.05, 4.69) is 46.6 Å². The van der Waals surface area contributed by atoms with Gasteiger partial charge >= 0.3 is 0 Å². The van der Waals surface area contributed by atoms with Crippen LogP contribution in [-0.2, 0) is 4.79 Å². The zero-order chi connectivity index (χ0) is 23.4. The van der Waals surface area contributed by atoms with Gasteiger partial charge in [0.2, 0.25) is 5.91 Å². The number of thiocarbonyl (C=S) groups is 1. The number of H-pyrrole nitrogens is 1. The molecule has 1 amide bonds. The number of rotatable bonds is 5. The predicted molar refractivity (Wildman–Crippen MR) is 140 cm³/mol. The number of anilines is 1. The molecule has 0 spiro atoms. The van der Waals surface area contributed by atoms with Gasteiger partial charge in [0.15, 0.2) is 5.11 Å². The van der Waals surface area contributed by atoms with Crippen molar-refractivity contribution >= 4 is 57.6 Å². The smallest absolute Gasteiger partial charge is 0.250 e. The average molecular weight is 475 g/mol. The normalized spacial score (nSPS) is 11.3. The molecule has 166 valence electrons. The number of imidazole rings is 1. The molecule has 0 bridgehead atoms. The van der Waals surface area contributed by atoms with E-state index in [4.69, 9.17) is 23.8 Å². The van der Waals surface area contributed by atoms with E-state index in [1.807, 2.05) is 48.5 Å². The Bertz CT molecular complexity index is 1310. The number of nitrogens with one attached hydrogen (secondary N) is 3. The van der Waals surface area contributed by atoms with Gasteiger partial charge in [0.25, 0.3) is 0 Å². The molecule has 0 aliphatic rings. The second kappa shape index (κ2) is 9.98. The van der Waals surface area contributed by atoms with E-state index in [1.165, 1.54) is 11.6 Å². The molecule has 0 aliphatic carbocycles. The molecule has 0 atom stereocenters. The Labute approximate surface area is 202 Å². The summed E-state index contributed by atoms with van der Waals surface area (Å²) in [5, 5.41) is 6.28. The Morgan fingerprint density at radius 2 is 1.85 bits per heavy atom. The molecule has 33 heavy (non-hydrogen) atoms. The van der Waals surface area contributed by atoms with Gasteiger partial charge in [-0.2, -0.15) is 0 Å². The number of benzene rings is 3. The van der Waals surface area contributed by atoms with Crippen molar-refractivity contribution in [2.45, 2.75) is 19.8 Å². The first-order valence-electron chi connectivity index (χ1n) is 10.5. The SMILES string of the molecule is CC(C)c1ccc(/C=C/C(=O)NC(=S)Nc2cc(-c3nc4ccccc4[nH]3)ccc2Cl)cc1. The standard InChI is InChI=1S/C26H23ClN4OS/c1-16(2)18-10-7-17(8-11-18)9-14-24(32)31-26(33)30-23-15-19(12-13-20(23)27)25-28-21-5-3-4-6-22(21)29-25/h3-16H,1-2H3,(H,28,29)(H2,30,31,32,33)/b14-9+. The van der Waals surface area contributed by atoms with Crippen molar-refractivity contribution in [3.05, 3.63) is 89.0 Å². The fourth-order valence-corrected chi connectivity index (χ4v) is 3.70. The Morgan fingerprint density at radius 3 is 2.58 bits per heavy atom. The molecule has 1 heterocycles. The number of hydrogen-bond donors (Lipinski definition) is 3. The van der Waals surface area contributed by atoms with Gasteiger partial charge in [-0.3, -0.25) is 10.1 Å². The molecule has 4 aromatic rings. The summed E-state index contributed by atoms with van der Waals surface area (Å²) in [4.78, 5) is 20.2. The highest BCUT2D eigenvalue weighted by Crippen LogP contribution is 2.28. The number of aromatic nitrogens is 2. The maximum atomic E-state index is 12.3. The van der Waals surface area contributed by atoms with Crippen LogP contribution < -0.4 is 10.6 Å². The number of amides is 1. The van der Waals surface area contributed by atoms with Crippen molar-refractivity contribution in [2.75, 3.05) is 5.32 Å². The van der Waals surface area contributed by atoms with E-state index in [-0.39, 0.29) is 11.0 Å². The first-order chi connectivity index (χ1) is 15.9. The lowest BCUT2D eigenvalue weighted by Gasteiger charge is -2.11. The van der Waals surface area contributed by atoms with Crippen LogP contribution in [-0.4, -0.2) is 21.0 Å². The summed E-state index contributed by atoms with van der Waals surface area (Å²) in [5.41, 5.74) is 5.44. The van der Waals surface area contributed by atoms with Gasteiger partial charge in [-0.25, -0.2) is 4.98 Å². The van der Waals surface area contributed by atoms with Gasteiger partial charge < -0.3 is 10.3 Å². The molecule has 0 radical (unpaired) electrons. The number of nitrogens with zero attached hydrogens (tertiary/aromatic N) is 1. The van der Waals surface area contributed by atoms with E-state index >= 15 is 0 Å². The maximum absolute atomic E-state index is 12.3. The van der Waals surface area contributed by atoms with E-state index in [1.54, 1.807) is 12.1 Å². The first kappa shape index (κ1) is 22.7. The van der Waals surface area contributed by atoms with Crippen LogP contribution in [0.25, 0.3) is 28.5 Å². The largest absolute Gasteiger partial charge is 0.338 e. The maximum Gasteiger partial charge on any atom is 0.250 e. The lowest BCUT2D eigenvalue weighted by molar-refractivity contribution is -0.115. The van der Waals surface area contributed by atoms with E-state index in [0.29, 0.717) is 16.6 Å². The first-order valence-corrected chi connectivity index (χ1v) is 11.3. The van der Waals surface area contributed by atoms with E-state index in [0.717, 1.165) is 28.0 Å². The number of para-hydroxylation sites is 2. The van der Waals surface area contributed by atoms with Crippen molar-refractivity contribution in [3.63, 3.8) is 0 Å². The molecule has 3 aromatic carbocycles. The number of carbonyl (C=O) groups is 1. The van der Waals surface area contributed by atoms with Crippen LogP contribution in [0.4, 0.5) is 5.69 Å². The molecular weight excluding hydrogens is 452 g/mol. The number of carbonyl (C=O) groups excluding carboxylic acids is 1. The van der Waals surface area contributed by atoms with Gasteiger partial charge in [0.1, 0.15) is 5.82 Å². The highest BCUT2D eigenvalue weighted by atomic mass is 35.5. The molecule has 0 saturated carbocycles. The van der Waals surface area contributed by atoms with Crippen LogP contribution in [0.3, 0.4) is 0 Å². The third-order valence-electron chi connectivity index (χ3n) is 5.14. The van der Waals surface area contributed by atoms with Crippen LogP contribution in [0.15, 0.2) is 72.8 Å². The Kier molecular flexibility index (Phi) is 6.87. The molecule has 4 rings (SSSR count). The second-order valence-corrected chi connectivity index (χ2v) is 8.71. The summed E-state index contributed by atoms with van der Waals surface area (Å²) in [5.74, 6) is 0.856. The van der Waals surface area contributed by atoms with Crippen molar-refractivity contribution in [1.82, 2.24) is 15.3 Å². The molecular formula is C26H23ClN4OS. The minimum Gasteiger partial charge on any atom is -0.338 e. The zero-order valence-corrected chi connectivity index (χ0v) is 19.8. The monoisotopic (exact) mass is 474 g/mol. The van der Waals surface area contributed by atoms with Gasteiger partial charge in [0, 0.05) is 11.6 Å². The summed E-state index contributed by atoms with van der Waals surface area (Å²) in [6.07, 6.45) is 3.20. The highest BCUT2D eigenvalue weighted by molar-refractivity contribution is 7.80. The van der Waals surface area contributed by atoms with Gasteiger partial charge in [-0.15, -0.1) is 0 Å². The average Bonchev–Trinajstić information content (AvgIpc) is 3.23. The summed E-state index contributed by atoms with van der Waals surface area (Å²) in [6.45, 7) is 4.29. The summed E-state index contributed by atoms with van der Waals surface area (Å²) in [6, 6.07) is 21.4. The van der Waals surface area contributed by atoms with Crippen molar-refractivity contribution < 1.29 is 4.79 Å². The minimum atomic E-state index is -0.329. The van der Waals surface area contributed by atoms with Crippen LogP contribution >= 0.6 is 23.8 Å². The fourth-order valence-electron chi connectivity index (χ4n) is 3.33. The Balaban J connectivity index is 1.41. The molecule has 1 aromatic heterocycles. The third-order valence-corrected chi connectivity index (χ3v) is 5.68. The van der Waals surface area contributed by atoms with Crippen LogP contribution in [0.2, 0.25) is 5.02 Å². The Morgan fingerprint density at radius 1 is 1.09 bits per heavy atom. The number of hydrogen-bond acceptors (Lipinski definition) is 3. The number of fused-ring (bicyclic) bond motifs is 1. The molecule has 0 aliphatic heterocycles. The summed E-state index contributed by atoms with van der Waals surface area (Å²) >= 11 is 11.6. The minimum absolute atomic E-state index is 0.156. The second-order valence-electron chi connectivity index (χ2n) is 7.90. The number of aromatic amines is 1. The zero-order valence-electron chi connectivity index (χ0n) is 18.2. The molecule has 0 unspecified atom stereocenters. The number of halogens is 1. The summed E-state index contributed by atoms with van der Waals surface area (Å²) in [7, 11) is 0. The highest BCUT2D eigenvalue weighted by Gasteiger charge is 2.10. The molecule has 5 nitrogen and oxygen atoms in total. The fraction of sp³-hybridized carbons (Fsp3) is 0.115. The lowest BCUT2D eigenvalue weighted by atomic mass is 10.0. The molecule has 0 fully saturated rings. The molecule has 7 heteroatoms. The topological polar surface area (TPSA) is 69.8 Å². The van der Waals surface area contributed by atoms with E-state index < -0.39 is 0 Å². The van der Waals surface area contributed by atoms with Gasteiger partial charge in [-0.1, -0.05) is 61.8 Å². The third kappa shape index (κ3) is 5.66. The van der Waals surface area contributed by atoms with Gasteiger partial charge in [-0.05, 0) is 65.7 Å². The summed E-state index contributed by atoms with van der Waals surface area (Å²) < 4.78 is 0. The molecule has 0 saturated heterocycles. The van der Waals surface area contributed by atoms with Crippen LogP contribution in [0.5, 0.6) is 0 Å². The van der Waals surface area contributed by atoms with Crippen molar-refractivity contribution in [2.24, 2.45) is 0 Å². The van der Waals surface area contributed by atoms with Gasteiger partial charge in [0.05, 0.1) is 21.7 Å². The molecule has 3 N–H and O–H groups in total. The van der Waals surface area contributed by atoms with Crippen molar-refractivity contribution in [1.29, 1.82) is 0 Å². The van der Waals surface area contributed by atoms with Crippen LogP contribution in [0, 0.1) is 0 Å². The lowest BCUT2D eigenvalue weighted by Crippen LogP contribution is -2.32. The predicted octanol–water partition coefficient (Wildman–Crippen LogP) is 6.53. The Hall–Kier alpha value is -3.48.